The molecule has 0 radical (unpaired) electrons. The molecule has 0 saturated carbocycles. The SMILES string of the molecule is CCCc1ccc(C2=CCCN=C(CC3CCC=C4N=C(c5cccc(F)c5F)N=C4C=NC3)O2)cc1. The van der Waals surface area contributed by atoms with Crippen LogP contribution in [-0.4, -0.2) is 36.7 Å². The predicted octanol–water partition coefficient (Wildman–Crippen LogP) is 6.73. The molecule has 0 amide bonds. The second-order valence-corrected chi connectivity index (χ2v) is 9.45. The Morgan fingerprint density at radius 2 is 1.86 bits per heavy atom. The Morgan fingerprint density at radius 3 is 2.70 bits per heavy atom. The van der Waals surface area contributed by atoms with Gasteiger partial charge in [0.2, 0.25) is 0 Å². The molecule has 0 spiro atoms. The summed E-state index contributed by atoms with van der Waals surface area (Å²) in [5.41, 5.74) is 3.67. The Hall–Kier alpha value is -3.74. The van der Waals surface area contributed by atoms with Crippen LogP contribution in [0.1, 0.15) is 55.7 Å². The summed E-state index contributed by atoms with van der Waals surface area (Å²) in [6.07, 6.45) is 11.2. The van der Waals surface area contributed by atoms with Crippen molar-refractivity contribution in [2.45, 2.75) is 45.4 Å². The van der Waals surface area contributed by atoms with Crippen molar-refractivity contribution >= 4 is 29.4 Å². The largest absolute Gasteiger partial charge is 0.443 e. The van der Waals surface area contributed by atoms with Crippen molar-refractivity contribution in [3.8, 4) is 0 Å². The Bertz CT molecular complexity index is 1340. The normalized spacial score (nSPS) is 19.6. The molecule has 190 valence electrons. The number of hydrogen-bond acceptors (Lipinski definition) is 5. The van der Waals surface area contributed by atoms with Gasteiger partial charge in [-0.25, -0.2) is 18.8 Å². The smallest absolute Gasteiger partial charge is 0.190 e. The highest BCUT2D eigenvalue weighted by atomic mass is 19.2. The first kappa shape index (κ1) is 24.9. The molecule has 0 N–H and O–H groups in total. The van der Waals surface area contributed by atoms with Crippen molar-refractivity contribution < 1.29 is 13.5 Å². The van der Waals surface area contributed by atoms with Gasteiger partial charge in [-0.2, -0.15) is 0 Å². The number of allylic oxidation sites excluding steroid dienone is 2. The molecule has 5 nitrogen and oxygen atoms in total. The lowest BCUT2D eigenvalue weighted by Gasteiger charge is -2.17. The number of benzene rings is 2. The zero-order valence-electron chi connectivity index (χ0n) is 21.0. The van der Waals surface area contributed by atoms with Crippen molar-refractivity contribution in [3.05, 3.63) is 88.6 Å². The first-order valence-corrected chi connectivity index (χ1v) is 12.9. The van der Waals surface area contributed by atoms with Gasteiger partial charge in [0.25, 0.3) is 0 Å². The molecule has 3 aliphatic heterocycles. The summed E-state index contributed by atoms with van der Waals surface area (Å²) >= 11 is 0. The van der Waals surface area contributed by atoms with E-state index >= 15 is 0 Å². The molecule has 2 aromatic rings. The van der Waals surface area contributed by atoms with Crippen LogP contribution in [0.15, 0.2) is 80.3 Å². The Kier molecular flexibility index (Phi) is 7.78. The van der Waals surface area contributed by atoms with Gasteiger partial charge in [-0.1, -0.05) is 49.8 Å². The maximum Gasteiger partial charge on any atom is 0.190 e. The minimum absolute atomic E-state index is 0.0524. The average Bonchev–Trinajstić information content (AvgIpc) is 3.18. The quantitative estimate of drug-likeness (QED) is 0.434. The standard InChI is InChI=1S/C30H30F2N4O/c1-2-6-20-12-14-22(15-13-20)27-11-5-16-34-28(37-27)17-21-7-3-10-25-26(19-33-18-21)36-30(35-25)23-8-4-9-24(31)29(23)32/h4,8-15,19,21H,2-3,5-7,16-18H2,1H3. The van der Waals surface area contributed by atoms with E-state index in [1.807, 2.05) is 6.08 Å². The van der Waals surface area contributed by atoms with Crippen LogP contribution in [-0.2, 0) is 11.2 Å². The average molecular weight is 501 g/mol. The van der Waals surface area contributed by atoms with Crippen molar-refractivity contribution in [1.29, 1.82) is 0 Å². The minimum Gasteiger partial charge on any atom is -0.443 e. The minimum atomic E-state index is -0.941. The van der Waals surface area contributed by atoms with Gasteiger partial charge >= 0.3 is 0 Å². The summed E-state index contributed by atoms with van der Waals surface area (Å²) in [5.74, 6) is 0.175. The van der Waals surface area contributed by atoms with E-state index in [-0.39, 0.29) is 17.3 Å². The van der Waals surface area contributed by atoms with Crippen LogP contribution in [0.2, 0.25) is 0 Å². The van der Waals surface area contributed by atoms with Crippen LogP contribution < -0.4 is 0 Å². The summed E-state index contributed by atoms with van der Waals surface area (Å²) < 4.78 is 34.2. The number of nitrogens with zero attached hydrogens (tertiary/aromatic N) is 4. The van der Waals surface area contributed by atoms with Crippen LogP contribution in [0.4, 0.5) is 8.78 Å². The summed E-state index contributed by atoms with van der Waals surface area (Å²) in [5, 5.41) is 0. The highest BCUT2D eigenvalue weighted by Crippen LogP contribution is 2.26. The fraction of sp³-hybridized carbons (Fsp3) is 0.333. The molecule has 0 aromatic heterocycles. The van der Waals surface area contributed by atoms with Crippen molar-refractivity contribution in [2.75, 3.05) is 13.1 Å². The van der Waals surface area contributed by atoms with Gasteiger partial charge in [0.05, 0.1) is 11.3 Å². The molecule has 7 heteroatoms. The number of aliphatic imine (C=N–C) groups is 4. The van der Waals surface area contributed by atoms with E-state index in [1.165, 1.54) is 17.7 Å². The molecule has 5 rings (SSSR count). The highest BCUT2D eigenvalue weighted by molar-refractivity contribution is 6.42. The van der Waals surface area contributed by atoms with Crippen molar-refractivity contribution in [1.82, 2.24) is 0 Å². The van der Waals surface area contributed by atoms with Crippen LogP contribution >= 0.6 is 0 Å². The zero-order valence-corrected chi connectivity index (χ0v) is 21.0. The second kappa shape index (κ2) is 11.5. The van der Waals surface area contributed by atoms with Crippen LogP contribution in [0, 0.1) is 17.6 Å². The van der Waals surface area contributed by atoms with E-state index < -0.39 is 11.6 Å². The molecular formula is C30H30F2N4O. The topological polar surface area (TPSA) is 58.7 Å². The maximum atomic E-state index is 14.2. The molecule has 0 fully saturated rings. The van der Waals surface area contributed by atoms with Gasteiger partial charge in [-0.05, 0) is 55.4 Å². The fourth-order valence-corrected chi connectivity index (χ4v) is 4.65. The van der Waals surface area contributed by atoms with Crippen molar-refractivity contribution in [3.63, 3.8) is 0 Å². The molecule has 0 aliphatic carbocycles. The van der Waals surface area contributed by atoms with Gasteiger partial charge in [0, 0.05) is 31.3 Å². The number of halogens is 2. The molecule has 0 saturated heterocycles. The van der Waals surface area contributed by atoms with E-state index in [4.69, 9.17) is 9.73 Å². The van der Waals surface area contributed by atoms with E-state index in [9.17, 15) is 8.78 Å². The summed E-state index contributed by atoms with van der Waals surface area (Å²) in [6.45, 7) is 3.48. The number of fused-ring (bicyclic) bond motifs is 1. The lowest BCUT2D eigenvalue weighted by atomic mass is 9.99. The molecule has 37 heavy (non-hydrogen) atoms. The summed E-state index contributed by atoms with van der Waals surface area (Å²) in [7, 11) is 0. The van der Waals surface area contributed by atoms with E-state index in [2.05, 4.69) is 52.2 Å². The third kappa shape index (κ3) is 5.98. The Labute approximate surface area is 216 Å². The molecule has 2 aromatic carbocycles. The lowest BCUT2D eigenvalue weighted by Crippen LogP contribution is -2.14. The Morgan fingerprint density at radius 1 is 1.00 bits per heavy atom. The molecule has 0 bridgehead atoms. The number of ether oxygens (including phenoxy) is 1. The van der Waals surface area contributed by atoms with Gasteiger partial charge in [0.15, 0.2) is 23.4 Å². The summed E-state index contributed by atoms with van der Waals surface area (Å²) in [4.78, 5) is 18.2. The van der Waals surface area contributed by atoms with Gasteiger partial charge in [-0.15, -0.1) is 0 Å². The zero-order chi connectivity index (χ0) is 25.6. The molecule has 1 unspecified atom stereocenters. The number of hydrogen-bond donors (Lipinski definition) is 0. The summed E-state index contributed by atoms with van der Waals surface area (Å²) in [6, 6.07) is 12.6. The van der Waals surface area contributed by atoms with E-state index in [1.54, 1.807) is 6.21 Å². The van der Waals surface area contributed by atoms with Gasteiger partial charge < -0.3 is 4.74 Å². The first-order chi connectivity index (χ1) is 18.1. The van der Waals surface area contributed by atoms with Gasteiger partial charge in [-0.3, -0.25) is 9.98 Å². The Balaban J connectivity index is 1.24. The first-order valence-electron chi connectivity index (χ1n) is 12.9. The third-order valence-electron chi connectivity index (χ3n) is 6.61. The number of aryl methyl sites for hydroxylation is 1. The highest BCUT2D eigenvalue weighted by Gasteiger charge is 2.22. The lowest BCUT2D eigenvalue weighted by molar-refractivity contribution is 0.440. The van der Waals surface area contributed by atoms with Crippen LogP contribution in [0.25, 0.3) is 5.76 Å². The maximum absolute atomic E-state index is 14.2. The van der Waals surface area contributed by atoms with Crippen LogP contribution in [0.3, 0.4) is 0 Å². The van der Waals surface area contributed by atoms with Crippen molar-refractivity contribution in [2.24, 2.45) is 25.9 Å². The number of rotatable bonds is 6. The molecule has 1 atom stereocenters. The van der Waals surface area contributed by atoms with Crippen LogP contribution in [0.5, 0.6) is 0 Å². The predicted molar refractivity (Wildman–Crippen MR) is 146 cm³/mol. The van der Waals surface area contributed by atoms with E-state index in [0.717, 1.165) is 55.4 Å². The number of amidine groups is 1. The fourth-order valence-electron chi connectivity index (χ4n) is 4.65. The molecule has 3 aliphatic rings. The molecule has 3 heterocycles. The molecular weight excluding hydrogens is 470 g/mol. The van der Waals surface area contributed by atoms with Gasteiger partial charge in [0.1, 0.15) is 11.5 Å². The second-order valence-electron chi connectivity index (χ2n) is 9.45. The third-order valence-corrected chi connectivity index (χ3v) is 6.61. The monoisotopic (exact) mass is 500 g/mol. The van der Waals surface area contributed by atoms with E-state index in [0.29, 0.717) is 30.9 Å².